The Morgan fingerprint density at radius 3 is 2.84 bits per heavy atom. The van der Waals surface area contributed by atoms with Crippen molar-refractivity contribution in [3.05, 3.63) is 57.8 Å². The Labute approximate surface area is 153 Å². The minimum atomic E-state index is -0.111. The van der Waals surface area contributed by atoms with Gasteiger partial charge in [0.2, 0.25) is 5.91 Å². The zero-order valence-electron chi connectivity index (χ0n) is 14.6. The second kappa shape index (κ2) is 6.90. The summed E-state index contributed by atoms with van der Waals surface area (Å²) in [6, 6.07) is 12.6. The first-order chi connectivity index (χ1) is 12.1. The maximum absolute atomic E-state index is 13.0. The fourth-order valence-electron chi connectivity index (χ4n) is 4.09. The predicted octanol–water partition coefficient (Wildman–Crippen LogP) is 2.45. The van der Waals surface area contributed by atoms with E-state index in [0.717, 1.165) is 32.6 Å². The molecule has 1 aromatic carbocycles. The molecule has 3 heterocycles. The van der Waals surface area contributed by atoms with Crippen molar-refractivity contribution >= 4 is 17.2 Å². The number of carbonyl (C=O) groups excluding carboxylic acids is 1. The Kier molecular flexibility index (Phi) is 4.63. The molecule has 1 saturated heterocycles. The zero-order chi connectivity index (χ0) is 17.4. The van der Waals surface area contributed by atoms with Gasteiger partial charge in [-0.2, -0.15) is 0 Å². The van der Waals surface area contributed by atoms with Gasteiger partial charge in [0, 0.05) is 43.0 Å². The second-order valence-corrected chi connectivity index (χ2v) is 8.19. The minimum Gasteiger partial charge on any atom is -0.337 e. The van der Waals surface area contributed by atoms with E-state index in [-0.39, 0.29) is 18.0 Å². The van der Waals surface area contributed by atoms with E-state index in [2.05, 4.69) is 40.6 Å². The van der Waals surface area contributed by atoms with Crippen molar-refractivity contribution < 1.29 is 4.79 Å². The molecule has 1 unspecified atom stereocenters. The number of carbonyl (C=O) groups is 1. The van der Waals surface area contributed by atoms with Crippen LogP contribution in [-0.4, -0.2) is 47.4 Å². The van der Waals surface area contributed by atoms with E-state index >= 15 is 0 Å². The molecule has 2 aliphatic rings. The van der Waals surface area contributed by atoms with Crippen LogP contribution in [0.25, 0.3) is 0 Å². The molecular weight excluding hydrogens is 330 g/mol. The van der Waals surface area contributed by atoms with Crippen LogP contribution in [0, 0.1) is 0 Å². The first kappa shape index (κ1) is 16.8. The third-order valence-corrected chi connectivity index (χ3v) is 6.67. The number of amides is 1. The molecule has 2 aliphatic heterocycles. The zero-order valence-corrected chi connectivity index (χ0v) is 15.4. The standard InChI is InChI=1S/C20H25N3OS/c1-14(20(24)22-9-7-19-16(11-22)8-10-25-19)23-12-17(18(21)13-23)15-5-3-2-4-6-15/h2-6,8,10,14,17-18H,7,9,11-13,21H2,1H3/t14?,17-,18+/m0/s1. The number of rotatable bonds is 3. The lowest BCUT2D eigenvalue weighted by Gasteiger charge is -2.32. The van der Waals surface area contributed by atoms with Gasteiger partial charge in [-0.05, 0) is 35.9 Å². The van der Waals surface area contributed by atoms with Crippen molar-refractivity contribution in [2.24, 2.45) is 5.73 Å². The summed E-state index contributed by atoms with van der Waals surface area (Å²) in [5.74, 6) is 0.541. The fraction of sp³-hybridized carbons (Fsp3) is 0.450. The van der Waals surface area contributed by atoms with Crippen LogP contribution in [0.5, 0.6) is 0 Å². The number of benzene rings is 1. The molecule has 1 aromatic heterocycles. The highest BCUT2D eigenvalue weighted by Crippen LogP contribution is 2.29. The van der Waals surface area contributed by atoms with Gasteiger partial charge in [0.1, 0.15) is 0 Å². The number of fused-ring (bicyclic) bond motifs is 1. The van der Waals surface area contributed by atoms with E-state index in [0.29, 0.717) is 5.92 Å². The van der Waals surface area contributed by atoms with Gasteiger partial charge < -0.3 is 10.6 Å². The van der Waals surface area contributed by atoms with Gasteiger partial charge in [0.25, 0.3) is 0 Å². The number of nitrogens with two attached hydrogens (primary N) is 1. The molecule has 5 heteroatoms. The van der Waals surface area contributed by atoms with E-state index in [1.165, 1.54) is 16.0 Å². The molecule has 25 heavy (non-hydrogen) atoms. The Hall–Kier alpha value is -1.69. The Morgan fingerprint density at radius 2 is 2.04 bits per heavy atom. The lowest BCUT2D eigenvalue weighted by molar-refractivity contribution is -0.137. The monoisotopic (exact) mass is 355 g/mol. The molecule has 2 N–H and O–H groups in total. The van der Waals surface area contributed by atoms with Crippen LogP contribution in [-0.2, 0) is 17.8 Å². The predicted molar refractivity (Wildman–Crippen MR) is 102 cm³/mol. The van der Waals surface area contributed by atoms with Crippen molar-refractivity contribution in [2.75, 3.05) is 19.6 Å². The molecule has 4 rings (SSSR count). The molecule has 2 aromatic rings. The van der Waals surface area contributed by atoms with E-state index in [1.807, 2.05) is 17.9 Å². The van der Waals surface area contributed by atoms with Crippen molar-refractivity contribution in [3.8, 4) is 0 Å². The van der Waals surface area contributed by atoms with Gasteiger partial charge in [0.15, 0.2) is 0 Å². The Balaban J connectivity index is 1.43. The molecule has 0 radical (unpaired) electrons. The lowest BCUT2D eigenvalue weighted by Crippen LogP contribution is -2.48. The van der Waals surface area contributed by atoms with Crippen molar-refractivity contribution in [2.45, 2.75) is 37.9 Å². The molecule has 0 spiro atoms. The summed E-state index contributed by atoms with van der Waals surface area (Å²) in [6.45, 7) is 5.26. The van der Waals surface area contributed by atoms with Crippen LogP contribution in [0.3, 0.4) is 0 Å². The minimum absolute atomic E-state index is 0.0856. The van der Waals surface area contributed by atoms with Crippen LogP contribution < -0.4 is 5.73 Å². The molecule has 0 bridgehead atoms. The molecular formula is C20H25N3OS. The highest BCUT2D eigenvalue weighted by Gasteiger charge is 2.37. The van der Waals surface area contributed by atoms with Crippen LogP contribution in [0.1, 0.15) is 28.8 Å². The number of thiophene rings is 1. The summed E-state index contributed by atoms with van der Waals surface area (Å²) in [6.07, 6.45) is 0.984. The second-order valence-electron chi connectivity index (χ2n) is 7.19. The third kappa shape index (κ3) is 3.24. The molecule has 4 nitrogen and oxygen atoms in total. The van der Waals surface area contributed by atoms with Crippen molar-refractivity contribution in [1.82, 2.24) is 9.80 Å². The van der Waals surface area contributed by atoms with Crippen LogP contribution in [0.15, 0.2) is 41.8 Å². The molecule has 132 valence electrons. The average Bonchev–Trinajstić information content (AvgIpc) is 3.27. The maximum atomic E-state index is 13.0. The van der Waals surface area contributed by atoms with E-state index in [1.54, 1.807) is 11.3 Å². The van der Waals surface area contributed by atoms with Crippen LogP contribution in [0.4, 0.5) is 0 Å². The largest absolute Gasteiger partial charge is 0.337 e. The summed E-state index contributed by atoms with van der Waals surface area (Å²) in [5.41, 5.74) is 8.99. The maximum Gasteiger partial charge on any atom is 0.239 e. The highest BCUT2D eigenvalue weighted by molar-refractivity contribution is 7.10. The number of hydrogen-bond acceptors (Lipinski definition) is 4. The number of nitrogens with zero attached hydrogens (tertiary/aromatic N) is 2. The molecule has 1 amide bonds. The molecule has 1 fully saturated rings. The Bertz CT molecular complexity index is 744. The lowest BCUT2D eigenvalue weighted by atomic mass is 9.95. The van der Waals surface area contributed by atoms with Crippen LogP contribution >= 0.6 is 11.3 Å². The summed E-state index contributed by atoms with van der Waals surface area (Å²) >= 11 is 1.81. The van der Waals surface area contributed by atoms with E-state index in [9.17, 15) is 4.79 Å². The summed E-state index contributed by atoms with van der Waals surface area (Å²) in [7, 11) is 0. The SMILES string of the molecule is CC(C(=O)N1CCc2sccc2C1)N1C[C@@H](N)[C@H](c2ccccc2)C1. The first-order valence-corrected chi connectivity index (χ1v) is 9.90. The van der Waals surface area contributed by atoms with Gasteiger partial charge in [0.05, 0.1) is 6.04 Å². The van der Waals surface area contributed by atoms with E-state index in [4.69, 9.17) is 5.73 Å². The fourth-order valence-corrected chi connectivity index (χ4v) is 4.98. The Morgan fingerprint density at radius 1 is 1.24 bits per heavy atom. The average molecular weight is 356 g/mol. The van der Waals surface area contributed by atoms with Crippen molar-refractivity contribution in [1.29, 1.82) is 0 Å². The molecule has 0 saturated carbocycles. The third-order valence-electron chi connectivity index (χ3n) is 5.65. The topological polar surface area (TPSA) is 49.6 Å². The van der Waals surface area contributed by atoms with Crippen molar-refractivity contribution in [3.63, 3.8) is 0 Å². The summed E-state index contributed by atoms with van der Waals surface area (Å²) in [5, 5.41) is 2.13. The smallest absolute Gasteiger partial charge is 0.239 e. The summed E-state index contributed by atoms with van der Waals surface area (Å²) < 4.78 is 0. The van der Waals surface area contributed by atoms with Gasteiger partial charge >= 0.3 is 0 Å². The first-order valence-electron chi connectivity index (χ1n) is 9.02. The normalized spacial score (nSPS) is 25.0. The number of likely N-dealkylation sites (tertiary alicyclic amines) is 1. The van der Waals surface area contributed by atoms with E-state index < -0.39 is 0 Å². The van der Waals surface area contributed by atoms with Gasteiger partial charge in [-0.15, -0.1) is 11.3 Å². The molecule has 0 aliphatic carbocycles. The molecule has 3 atom stereocenters. The van der Waals surface area contributed by atoms with Crippen LogP contribution in [0.2, 0.25) is 0 Å². The summed E-state index contributed by atoms with van der Waals surface area (Å²) in [4.78, 5) is 18.7. The quantitative estimate of drug-likeness (QED) is 0.920. The number of hydrogen-bond donors (Lipinski definition) is 1. The van der Waals surface area contributed by atoms with Gasteiger partial charge in [-0.3, -0.25) is 9.69 Å². The van der Waals surface area contributed by atoms with Gasteiger partial charge in [-0.25, -0.2) is 0 Å². The van der Waals surface area contributed by atoms with Gasteiger partial charge in [-0.1, -0.05) is 30.3 Å². The highest BCUT2D eigenvalue weighted by atomic mass is 32.1.